The highest BCUT2D eigenvalue weighted by atomic mass is 15.1. The highest BCUT2D eigenvalue weighted by Gasteiger charge is 2.23. The van der Waals surface area contributed by atoms with Crippen LogP contribution in [0.3, 0.4) is 0 Å². The molecule has 0 N–H and O–H groups in total. The largest absolute Gasteiger partial charge is 0.309 e. The quantitative estimate of drug-likeness (QED) is 0.143. The van der Waals surface area contributed by atoms with Crippen molar-refractivity contribution >= 4 is 43.6 Å². The number of fused-ring (bicyclic) bond motifs is 6. The summed E-state index contributed by atoms with van der Waals surface area (Å²) in [5, 5.41) is 4.54. The summed E-state index contributed by atoms with van der Waals surface area (Å²) in [5.41, 5.74) is 13.8. The first-order valence-corrected chi connectivity index (χ1v) is 24.7. The molecule has 10 aromatic carbocycles. The molecule has 74 heavy (non-hydrogen) atoms. The van der Waals surface area contributed by atoms with Crippen LogP contribution >= 0.6 is 0 Å². The van der Waals surface area contributed by atoms with Gasteiger partial charge in [0.15, 0.2) is 34.9 Å². The molecule has 0 unspecified atom stereocenters. The monoisotopic (exact) mass is 946 g/mol. The third kappa shape index (κ3) is 7.48. The Labute approximate surface area is 426 Å². The zero-order valence-corrected chi connectivity index (χ0v) is 39.8. The van der Waals surface area contributed by atoms with E-state index >= 15 is 0 Å². The van der Waals surface area contributed by atoms with Crippen molar-refractivity contribution in [3.05, 3.63) is 255 Å². The van der Waals surface area contributed by atoms with Gasteiger partial charge in [-0.3, -0.25) is 0 Å². The molecule has 0 atom stereocenters. The van der Waals surface area contributed by atoms with Gasteiger partial charge in [-0.15, -0.1) is 0 Å². The van der Waals surface area contributed by atoms with Crippen LogP contribution in [0.5, 0.6) is 0 Å². The summed E-state index contributed by atoms with van der Waals surface area (Å²) in [6.07, 6.45) is 0. The van der Waals surface area contributed by atoms with E-state index in [0.29, 0.717) is 34.9 Å². The predicted octanol–water partition coefficient (Wildman–Crippen LogP) is 15.9. The van der Waals surface area contributed by atoms with Crippen molar-refractivity contribution in [2.45, 2.75) is 0 Å². The minimum Gasteiger partial charge on any atom is -0.309 e. The Morgan fingerprint density at radius 3 is 1.14 bits per heavy atom. The van der Waals surface area contributed by atoms with Gasteiger partial charge in [-0.25, -0.2) is 29.9 Å². The molecule has 8 heteroatoms. The second-order valence-corrected chi connectivity index (χ2v) is 18.3. The lowest BCUT2D eigenvalue weighted by atomic mass is 9.99. The fraction of sp³-hybridized carbons (Fsp3) is 0. The number of hydrogen-bond donors (Lipinski definition) is 0. The Kier molecular flexibility index (Phi) is 10.3. The third-order valence-corrected chi connectivity index (χ3v) is 13.8. The lowest BCUT2D eigenvalue weighted by Gasteiger charge is -2.17. The smallest absolute Gasteiger partial charge is 0.166 e. The average Bonchev–Trinajstić information content (AvgIpc) is 4.02. The molecule has 0 fully saturated rings. The van der Waals surface area contributed by atoms with E-state index in [4.69, 9.17) is 29.9 Å². The van der Waals surface area contributed by atoms with Gasteiger partial charge in [0.25, 0.3) is 0 Å². The number of benzene rings is 10. The molecular weight excluding hydrogens is 905 g/mol. The van der Waals surface area contributed by atoms with Crippen molar-refractivity contribution in [3.63, 3.8) is 0 Å². The average molecular weight is 947 g/mol. The van der Waals surface area contributed by atoms with Crippen LogP contribution in [-0.4, -0.2) is 39.0 Å². The molecule has 0 bridgehead atoms. The van der Waals surface area contributed by atoms with Crippen molar-refractivity contribution < 1.29 is 0 Å². The molecule has 14 rings (SSSR count). The van der Waals surface area contributed by atoms with E-state index in [2.05, 4.69) is 167 Å². The molecule has 0 radical (unpaired) electrons. The molecule has 4 heterocycles. The summed E-state index contributed by atoms with van der Waals surface area (Å²) in [7, 11) is 0. The standard InChI is InChI=1S/C66H42N8/c1-6-20-43(21-7-1)61-67-62(44-22-8-2-9-23-44)70-65(69-61)49-36-39-58-54(41-49)52-31-17-19-33-57(52)74(58)59-38-35-47(48-34-37-53-51-30-16-18-32-56(51)73(60(53)42-48)50-28-14-5-15-29-50)40-55(59)66-71-63(45-24-10-3-11-25-45)68-64(72-66)46-26-12-4-13-27-46/h1-42H. The number of rotatable bonds is 9. The summed E-state index contributed by atoms with van der Waals surface area (Å²) in [6, 6.07) is 88.3. The zero-order valence-electron chi connectivity index (χ0n) is 39.8. The number of hydrogen-bond acceptors (Lipinski definition) is 6. The Hall–Kier alpha value is -10.2. The predicted molar refractivity (Wildman–Crippen MR) is 300 cm³/mol. The molecule has 14 aromatic rings. The summed E-state index contributed by atoms with van der Waals surface area (Å²) >= 11 is 0. The fourth-order valence-electron chi connectivity index (χ4n) is 10.3. The van der Waals surface area contributed by atoms with E-state index in [9.17, 15) is 0 Å². The summed E-state index contributed by atoms with van der Waals surface area (Å²) in [4.78, 5) is 31.0. The molecule has 8 nitrogen and oxygen atoms in total. The van der Waals surface area contributed by atoms with Gasteiger partial charge in [0, 0.05) is 60.6 Å². The van der Waals surface area contributed by atoms with Crippen molar-refractivity contribution in [3.8, 4) is 90.8 Å². The van der Waals surface area contributed by atoms with Crippen molar-refractivity contribution in [2.75, 3.05) is 0 Å². The Morgan fingerprint density at radius 2 is 0.595 bits per heavy atom. The molecule has 0 spiro atoms. The summed E-state index contributed by atoms with van der Waals surface area (Å²) in [6.45, 7) is 0. The third-order valence-electron chi connectivity index (χ3n) is 13.8. The molecule has 0 aliphatic carbocycles. The van der Waals surface area contributed by atoms with Crippen LogP contribution in [0.1, 0.15) is 0 Å². The van der Waals surface area contributed by atoms with E-state index in [-0.39, 0.29) is 0 Å². The first-order chi connectivity index (χ1) is 36.7. The first kappa shape index (κ1) is 42.7. The molecular formula is C66H42N8. The van der Waals surface area contributed by atoms with Crippen molar-refractivity contribution in [1.29, 1.82) is 0 Å². The molecule has 0 aliphatic rings. The molecule has 0 aliphatic heterocycles. The second-order valence-electron chi connectivity index (χ2n) is 18.3. The van der Waals surface area contributed by atoms with Crippen LogP contribution in [-0.2, 0) is 0 Å². The van der Waals surface area contributed by atoms with E-state index in [1.165, 1.54) is 10.8 Å². The molecule has 346 valence electrons. The molecule has 0 saturated heterocycles. The SMILES string of the molecule is c1ccc(-c2nc(-c3ccccc3)nc(-c3ccc4c(c3)c3ccccc3n4-c3ccc(-c4ccc5c6ccccc6n(-c6ccccc6)c5c4)cc3-c3nc(-c4ccccc4)nc(-c4ccccc4)n3)n2)cc1. The fourth-order valence-corrected chi connectivity index (χ4v) is 10.3. The van der Waals surface area contributed by atoms with Crippen LogP contribution in [0, 0.1) is 0 Å². The number of aromatic nitrogens is 8. The molecule has 0 amide bonds. The first-order valence-electron chi connectivity index (χ1n) is 24.7. The topological polar surface area (TPSA) is 87.2 Å². The highest BCUT2D eigenvalue weighted by Crippen LogP contribution is 2.41. The van der Waals surface area contributed by atoms with Gasteiger partial charge in [0.05, 0.1) is 27.8 Å². The van der Waals surface area contributed by atoms with Crippen LogP contribution in [0.25, 0.3) is 134 Å². The van der Waals surface area contributed by atoms with E-state index in [1.54, 1.807) is 0 Å². The van der Waals surface area contributed by atoms with Gasteiger partial charge in [-0.2, -0.15) is 0 Å². The van der Waals surface area contributed by atoms with Crippen molar-refractivity contribution in [2.24, 2.45) is 0 Å². The Balaban J connectivity index is 1.00. The minimum absolute atomic E-state index is 0.559. The van der Waals surface area contributed by atoms with Gasteiger partial charge in [-0.05, 0) is 71.8 Å². The van der Waals surface area contributed by atoms with Crippen LogP contribution in [0.15, 0.2) is 255 Å². The van der Waals surface area contributed by atoms with Gasteiger partial charge in [0.2, 0.25) is 0 Å². The van der Waals surface area contributed by atoms with Crippen LogP contribution in [0.2, 0.25) is 0 Å². The second kappa shape index (κ2) is 17.9. The van der Waals surface area contributed by atoms with Gasteiger partial charge < -0.3 is 9.13 Å². The Morgan fingerprint density at radius 1 is 0.216 bits per heavy atom. The lowest BCUT2D eigenvalue weighted by molar-refractivity contribution is 1.06. The van der Waals surface area contributed by atoms with Gasteiger partial charge in [0.1, 0.15) is 0 Å². The maximum Gasteiger partial charge on any atom is 0.166 e. The van der Waals surface area contributed by atoms with E-state index in [0.717, 1.165) is 88.7 Å². The van der Waals surface area contributed by atoms with Gasteiger partial charge >= 0.3 is 0 Å². The Bertz CT molecular complexity index is 4290. The summed E-state index contributed by atoms with van der Waals surface area (Å²) in [5.74, 6) is 3.57. The minimum atomic E-state index is 0.559. The summed E-state index contributed by atoms with van der Waals surface area (Å²) < 4.78 is 4.71. The maximum absolute atomic E-state index is 5.36. The molecule has 4 aromatic heterocycles. The van der Waals surface area contributed by atoms with Crippen LogP contribution in [0.4, 0.5) is 0 Å². The van der Waals surface area contributed by atoms with E-state index in [1.807, 2.05) is 97.1 Å². The lowest BCUT2D eigenvalue weighted by Crippen LogP contribution is -2.04. The highest BCUT2D eigenvalue weighted by molar-refractivity contribution is 6.12. The van der Waals surface area contributed by atoms with E-state index < -0.39 is 0 Å². The van der Waals surface area contributed by atoms with Gasteiger partial charge in [-0.1, -0.05) is 194 Å². The zero-order chi connectivity index (χ0) is 49.0. The number of nitrogens with zero attached hydrogens (tertiary/aromatic N) is 8. The van der Waals surface area contributed by atoms with Crippen molar-refractivity contribution in [1.82, 2.24) is 39.0 Å². The molecule has 0 saturated carbocycles. The number of para-hydroxylation sites is 3. The normalized spacial score (nSPS) is 11.5. The van der Waals surface area contributed by atoms with Crippen LogP contribution < -0.4 is 0 Å². The maximum atomic E-state index is 5.36.